The van der Waals surface area contributed by atoms with Crippen molar-refractivity contribution in [1.82, 2.24) is 25.4 Å². The van der Waals surface area contributed by atoms with Crippen LogP contribution in [0.2, 0.25) is 0 Å². The molecular weight excluding hydrogens is 268 g/mol. The van der Waals surface area contributed by atoms with Crippen LogP contribution in [0.3, 0.4) is 0 Å². The quantitative estimate of drug-likeness (QED) is 0.401. The number of aliphatic imine (C=N–C) groups is 1. The van der Waals surface area contributed by atoms with Gasteiger partial charge in [0.25, 0.3) is 0 Å². The zero-order valence-corrected chi connectivity index (χ0v) is 13.6. The smallest absolute Gasteiger partial charge is 0.191 e. The Labute approximate surface area is 127 Å². The van der Waals surface area contributed by atoms with Gasteiger partial charge in [0.05, 0.1) is 0 Å². The Hall–Kier alpha value is -1.63. The molecule has 0 aromatic carbocycles. The lowest BCUT2D eigenvalue weighted by molar-refractivity contribution is 0.197. The molecule has 1 aromatic rings. The minimum absolute atomic E-state index is 0.347. The average Bonchev–Trinajstić information content (AvgIpc) is 2.90. The van der Waals surface area contributed by atoms with Crippen molar-refractivity contribution in [3.63, 3.8) is 0 Å². The first-order valence-corrected chi connectivity index (χ1v) is 7.57. The van der Waals surface area contributed by atoms with Crippen LogP contribution < -0.4 is 10.6 Å². The monoisotopic (exact) mass is 296 g/mol. The third kappa shape index (κ3) is 7.08. The van der Waals surface area contributed by atoms with Gasteiger partial charge in [0.1, 0.15) is 12.2 Å². The van der Waals surface area contributed by atoms with E-state index in [1.807, 2.05) is 0 Å². The fourth-order valence-electron chi connectivity index (χ4n) is 1.86. The lowest BCUT2D eigenvalue weighted by atomic mass is 10.4. The molecule has 2 N–H and O–H groups in total. The van der Waals surface area contributed by atoms with Crippen molar-refractivity contribution in [1.29, 1.82) is 0 Å². The SMILES string of the molecule is CCc1nncn1CCNC(=NCCCOC)NC(C)C. The third-order valence-electron chi connectivity index (χ3n) is 2.86. The van der Waals surface area contributed by atoms with Gasteiger partial charge in [-0.05, 0) is 20.3 Å². The molecule has 7 heteroatoms. The van der Waals surface area contributed by atoms with Crippen molar-refractivity contribution < 1.29 is 4.74 Å². The van der Waals surface area contributed by atoms with E-state index < -0.39 is 0 Å². The first kappa shape index (κ1) is 17.4. The van der Waals surface area contributed by atoms with Gasteiger partial charge in [-0.3, -0.25) is 4.99 Å². The zero-order chi connectivity index (χ0) is 15.5. The highest BCUT2D eigenvalue weighted by Gasteiger charge is 2.03. The molecule has 0 aliphatic heterocycles. The first-order valence-electron chi connectivity index (χ1n) is 7.57. The molecule has 0 radical (unpaired) electrons. The molecule has 0 saturated carbocycles. The van der Waals surface area contributed by atoms with Gasteiger partial charge in [-0.15, -0.1) is 10.2 Å². The number of ether oxygens (including phenoxy) is 1. The van der Waals surface area contributed by atoms with E-state index in [1.165, 1.54) is 0 Å². The number of methoxy groups -OCH3 is 1. The van der Waals surface area contributed by atoms with Crippen molar-refractivity contribution >= 4 is 5.96 Å². The van der Waals surface area contributed by atoms with E-state index in [-0.39, 0.29) is 0 Å². The molecule has 0 atom stereocenters. The summed E-state index contributed by atoms with van der Waals surface area (Å²) in [5.41, 5.74) is 0. The molecule has 0 aliphatic carbocycles. The Morgan fingerprint density at radius 3 is 2.95 bits per heavy atom. The highest BCUT2D eigenvalue weighted by molar-refractivity contribution is 5.79. The molecule has 0 aliphatic rings. The third-order valence-corrected chi connectivity index (χ3v) is 2.86. The number of hydrogen-bond donors (Lipinski definition) is 2. The maximum atomic E-state index is 5.03. The van der Waals surface area contributed by atoms with Gasteiger partial charge < -0.3 is 19.9 Å². The number of nitrogens with one attached hydrogen (secondary N) is 2. The number of rotatable bonds is 9. The number of aryl methyl sites for hydroxylation is 1. The Kier molecular flexibility index (Phi) is 8.42. The lowest BCUT2D eigenvalue weighted by Gasteiger charge is -2.15. The topological polar surface area (TPSA) is 76.4 Å². The summed E-state index contributed by atoms with van der Waals surface area (Å²) in [7, 11) is 1.71. The molecule has 21 heavy (non-hydrogen) atoms. The van der Waals surface area contributed by atoms with E-state index in [4.69, 9.17) is 4.74 Å². The highest BCUT2D eigenvalue weighted by Crippen LogP contribution is 1.94. The summed E-state index contributed by atoms with van der Waals surface area (Å²) >= 11 is 0. The van der Waals surface area contributed by atoms with Gasteiger partial charge >= 0.3 is 0 Å². The summed E-state index contributed by atoms with van der Waals surface area (Å²) in [5, 5.41) is 14.7. The minimum atomic E-state index is 0.347. The summed E-state index contributed by atoms with van der Waals surface area (Å²) in [4.78, 5) is 4.54. The van der Waals surface area contributed by atoms with E-state index >= 15 is 0 Å². The minimum Gasteiger partial charge on any atom is -0.385 e. The molecule has 0 fully saturated rings. The van der Waals surface area contributed by atoms with E-state index in [0.717, 1.165) is 50.9 Å². The van der Waals surface area contributed by atoms with Crippen LogP contribution in [0.25, 0.3) is 0 Å². The largest absolute Gasteiger partial charge is 0.385 e. The van der Waals surface area contributed by atoms with Gasteiger partial charge in [0.15, 0.2) is 5.96 Å². The van der Waals surface area contributed by atoms with E-state index in [2.05, 4.69) is 51.2 Å². The standard InChI is InChI=1S/C14H28N6O/c1-5-13-19-17-11-20(13)9-8-16-14(18-12(2)3)15-7-6-10-21-4/h11-12H,5-10H2,1-4H3,(H2,15,16,18). The van der Waals surface area contributed by atoms with Crippen molar-refractivity contribution in [2.75, 3.05) is 26.8 Å². The molecule has 0 bridgehead atoms. The van der Waals surface area contributed by atoms with Gasteiger partial charge in [-0.2, -0.15) is 0 Å². The van der Waals surface area contributed by atoms with Crippen LogP contribution in [0.4, 0.5) is 0 Å². The molecule has 7 nitrogen and oxygen atoms in total. The molecule has 1 rings (SSSR count). The normalized spacial score (nSPS) is 12.0. The zero-order valence-electron chi connectivity index (χ0n) is 13.6. The predicted molar refractivity (Wildman–Crippen MR) is 84.5 cm³/mol. The molecule has 1 heterocycles. The van der Waals surface area contributed by atoms with Crippen LogP contribution in [-0.4, -0.2) is 53.6 Å². The van der Waals surface area contributed by atoms with Crippen LogP contribution in [0, 0.1) is 0 Å². The molecule has 120 valence electrons. The van der Waals surface area contributed by atoms with Crippen LogP contribution >= 0.6 is 0 Å². The molecule has 0 spiro atoms. The summed E-state index contributed by atoms with van der Waals surface area (Å²) in [5.74, 6) is 1.85. The fraction of sp³-hybridized carbons (Fsp3) is 0.786. The van der Waals surface area contributed by atoms with Crippen LogP contribution in [0.15, 0.2) is 11.3 Å². The number of aromatic nitrogens is 3. The van der Waals surface area contributed by atoms with Crippen LogP contribution in [0.5, 0.6) is 0 Å². The van der Waals surface area contributed by atoms with Gasteiger partial charge in [-0.1, -0.05) is 6.92 Å². The molecule has 0 saturated heterocycles. The maximum Gasteiger partial charge on any atom is 0.191 e. The summed E-state index contributed by atoms with van der Waals surface area (Å²) in [6, 6.07) is 0.347. The van der Waals surface area contributed by atoms with Gasteiger partial charge in [0, 0.05) is 45.8 Å². The Balaban J connectivity index is 2.41. The summed E-state index contributed by atoms with van der Waals surface area (Å²) < 4.78 is 7.09. The molecule has 1 aromatic heterocycles. The first-order chi connectivity index (χ1) is 10.2. The van der Waals surface area contributed by atoms with Crippen molar-refractivity contribution in [2.45, 2.75) is 46.2 Å². The van der Waals surface area contributed by atoms with E-state index in [0.29, 0.717) is 6.04 Å². The van der Waals surface area contributed by atoms with Crippen molar-refractivity contribution in [2.24, 2.45) is 4.99 Å². The second kappa shape index (κ2) is 10.1. The van der Waals surface area contributed by atoms with E-state index in [1.54, 1.807) is 13.4 Å². The second-order valence-corrected chi connectivity index (χ2v) is 5.10. The van der Waals surface area contributed by atoms with Gasteiger partial charge in [-0.25, -0.2) is 0 Å². The fourth-order valence-corrected chi connectivity index (χ4v) is 1.86. The molecule has 0 amide bonds. The number of guanidine groups is 1. The van der Waals surface area contributed by atoms with Crippen molar-refractivity contribution in [3.05, 3.63) is 12.2 Å². The second-order valence-electron chi connectivity index (χ2n) is 5.10. The summed E-state index contributed by atoms with van der Waals surface area (Å²) in [6.45, 7) is 9.38. The average molecular weight is 296 g/mol. The molecule has 0 unspecified atom stereocenters. The summed E-state index contributed by atoms with van der Waals surface area (Å²) in [6.07, 6.45) is 3.58. The van der Waals surface area contributed by atoms with Crippen LogP contribution in [0.1, 0.15) is 33.0 Å². The highest BCUT2D eigenvalue weighted by atomic mass is 16.5. The Bertz CT molecular complexity index is 415. The Morgan fingerprint density at radius 2 is 2.29 bits per heavy atom. The Morgan fingerprint density at radius 1 is 1.48 bits per heavy atom. The number of nitrogens with zero attached hydrogens (tertiary/aromatic N) is 4. The van der Waals surface area contributed by atoms with Crippen molar-refractivity contribution in [3.8, 4) is 0 Å². The maximum absolute atomic E-state index is 5.03. The van der Waals surface area contributed by atoms with Crippen LogP contribution in [-0.2, 0) is 17.7 Å². The van der Waals surface area contributed by atoms with E-state index in [9.17, 15) is 0 Å². The lowest BCUT2D eigenvalue weighted by Crippen LogP contribution is -2.42. The van der Waals surface area contributed by atoms with Gasteiger partial charge in [0.2, 0.25) is 0 Å². The molecular formula is C14H28N6O. The number of hydrogen-bond acceptors (Lipinski definition) is 4. The predicted octanol–water partition coefficient (Wildman–Crippen LogP) is 0.821.